The Morgan fingerprint density at radius 3 is 2.71 bits per heavy atom. The van der Waals surface area contributed by atoms with Crippen LogP contribution < -0.4 is 5.73 Å². The number of halogens is 1. The fourth-order valence-electron chi connectivity index (χ4n) is 1.82. The number of nitrogens with zero attached hydrogens (tertiary/aromatic N) is 1. The SMILES string of the molecule is CC(CN)CCCN(C)Cc1ccccc1Cl. The molecule has 0 bridgehead atoms. The average Bonchev–Trinajstić information content (AvgIpc) is 2.32. The fourth-order valence-corrected chi connectivity index (χ4v) is 2.02. The highest BCUT2D eigenvalue weighted by molar-refractivity contribution is 6.31. The molecule has 3 heteroatoms. The summed E-state index contributed by atoms with van der Waals surface area (Å²) in [7, 11) is 2.14. The van der Waals surface area contributed by atoms with E-state index in [1.807, 2.05) is 18.2 Å². The van der Waals surface area contributed by atoms with Gasteiger partial charge in [-0.25, -0.2) is 0 Å². The second kappa shape index (κ2) is 7.70. The van der Waals surface area contributed by atoms with E-state index in [-0.39, 0.29) is 0 Å². The molecule has 1 rings (SSSR count). The minimum atomic E-state index is 0.628. The molecule has 0 aliphatic carbocycles. The van der Waals surface area contributed by atoms with Crippen LogP contribution in [-0.2, 0) is 6.54 Å². The van der Waals surface area contributed by atoms with Crippen LogP contribution in [-0.4, -0.2) is 25.0 Å². The van der Waals surface area contributed by atoms with Crippen molar-refractivity contribution >= 4 is 11.6 Å². The number of nitrogens with two attached hydrogens (primary N) is 1. The molecular formula is C14H23ClN2. The van der Waals surface area contributed by atoms with E-state index in [2.05, 4.69) is 24.9 Å². The van der Waals surface area contributed by atoms with E-state index in [4.69, 9.17) is 17.3 Å². The summed E-state index contributed by atoms with van der Waals surface area (Å²) in [5.74, 6) is 0.628. The standard InChI is InChI=1S/C14H23ClN2/c1-12(10-16)6-5-9-17(2)11-13-7-3-4-8-14(13)15/h3-4,7-8,12H,5-6,9-11,16H2,1-2H3. The molecular weight excluding hydrogens is 232 g/mol. The summed E-state index contributed by atoms with van der Waals surface area (Å²) in [5.41, 5.74) is 6.80. The van der Waals surface area contributed by atoms with Crippen LogP contribution in [0.4, 0.5) is 0 Å². The number of hydrogen-bond acceptors (Lipinski definition) is 2. The molecule has 0 heterocycles. The van der Waals surface area contributed by atoms with Crippen LogP contribution in [0, 0.1) is 5.92 Å². The third kappa shape index (κ3) is 5.53. The van der Waals surface area contributed by atoms with Gasteiger partial charge in [0.15, 0.2) is 0 Å². The van der Waals surface area contributed by atoms with E-state index in [1.54, 1.807) is 0 Å². The predicted octanol–water partition coefficient (Wildman–Crippen LogP) is 3.15. The van der Waals surface area contributed by atoms with Crippen molar-refractivity contribution in [1.29, 1.82) is 0 Å². The highest BCUT2D eigenvalue weighted by atomic mass is 35.5. The van der Waals surface area contributed by atoms with E-state index in [0.29, 0.717) is 5.92 Å². The lowest BCUT2D eigenvalue weighted by Crippen LogP contribution is -2.20. The van der Waals surface area contributed by atoms with E-state index in [9.17, 15) is 0 Å². The summed E-state index contributed by atoms with van der Waals surface area (Å²) >= 11 is 6.13. The van der Waals surface area contributed by atoms with Crippen molar-refractivity contribution in [3.63, 3.8) is 0 Å². The van der Waals surface area contributed by atoms with Crippen molar-refractivity contribution in [2.24, 2.45) is 11.7 Å². The Morgan fingerprint density at radius 1 is 1.35 bits per heavy atom. The summed E-state index contributed by atoms with van der Waals surface area (Å²) in [5, 5.41) is 0.856. The van der Waals surface area contributed by atoms with Gasteiger partial charge in [-0.2, -0.15) is 0 Å². The van der Waals surface area contributed by atoms with E-state index >= 15 is 0 Å². The van der Waals surface area contributed by atoms with Gasteiger partial charge in [-0.1, -0.05) is 36.7 Å². The minimum absolute atomic E-state index is 0.628. The fraction of sp³-hybridized carbons (Fsp3) is 0.571. The third-order valence-electron chi connectivity index (χ3n) is 3.04. The first kappa shape index (κ1) is 14.5. The molecule has 0 amide bonds. The molecule has 96 valence electrons. The third-order valence-corrected chi connectivity index (χ3v) is 3.41. The van der Waals surface area contributed by atoms with Gasteiger partial charge in [-0.15, -0.1) is 0 Å². The molecule has 0 saturated heterocycles. The maximum Gasteiger partial charge on any atom is 0.0451 e. The molecule has 2 N–H and O–H groups in total. The van der Waals surface area contributed by atoms with Gasteiger partial charge in [-0.05, 0) is 50.5 Å². The molecule has 0 aromatic heterocycles. The highest BCUT2D eigenvalue weighted by Crippen LogP contribution is 2.16. The Morgan fingerprint density at radius 2 is 2.06 bits per heavy atom. The van der Waals surface area contributed by atoms with Crippen molar-refractivity contribution < 1.29 is 0 Å². The van der Waals surface area contributed by atoms with Crippen molar-refractivity contribution in [3.05, 3.63) is 34.9 Å². The predicted molar refractivity (Wildman–Crippen MR) is 75.2 cm³/mol. The van der Waals surface area contributed by atoms with Crippen LogP contribution in [0.2, 0.25) is 5.02 Å². The van der Waals surface area contributed by atoms with Gasteiger partial charge in [0, 0.05) is 11.6 Å². The maximum atomic E-state index is 6.13. The van der Waals surface area contributed by atoms with Crippen molar-refractivity contribution in [2.45, 2.75) is 26.3 Å². The molecule has 1 unspecified atom stereocenters. The normalized spacial score (nSPS) is 13.0. The van der Waals surface area contributed by atoms with Gasteiger partial charge in [-0.3, -0.25) is 0 Å². The van der Waals surface area contributed by atoms with Gasteiger partial charge < -0.3 is 10.6 Å². The van der Waals surface area contributed by atoms with Crippen LogP contribution >= 0.6 is 11.6 Å². The second-order valence-corrected chi connectivity index (χ2v) is 5.22. The van der Waals surface area contributed by atoms with Gasteiger partial charge in [0.05, 0.1) is 0 Å². The van der Waals surface area contributed by atoms with Crippen LogP contribution in [0.1, 0.15) is 25.3 Å². The largest absolute Gasteiger partial charge is 0.330 e. The molecule has 0 fully saturated rings. The first-order valence-electron chi connectivity index (χ1n) is 6.25. The van der Waals surface area contributed by atoms with E-state index in [0.717, 1.165) is 24.7 Å². The lowest BCUT2D eigenvalue weighted by Gasteiger charge is -2.18. The summed E-state index contributed by atoms with van der Waals surface area (Å²) < 4.78 is 0. The van der Waals surface area contributed by atoms with Gasteiger partial charge in [0.1, 0.15) is 0 Å². The van der Waals surface area contributed by atoms with Gasteiger partial charge >= 0.3 is 0 Å². The summed E-state index contributed by atoms with van der Waals surface area (Å²) in [6, 6.07) is 8.03. The summed E-state index contributed by atoms with van der Waals surface area (Å²) in [6.45, 7) is 4.99. The molecule has 0 aliphatic heterocycles. The Balaban J connectivity index is 2.30. The summed E-state index contributed by atoms with van der Waals surface area (Å²) in [6.07, 6.45) is 2.39. The maximum absolute atomic E-state index is 6.13. The van der Waals surface area contributed by atoms with Crippen LogP contribution in [0.3, 0.4) is 0 Å². The topological polar surface area (TPSA) is 29.3 Å². The van der Waals surface area contributed by atoms with Gasteiger partial charge in [0.25, 0.3) is 0 Å². The minimum Gasteiger partial charge on any atom is -0.330 e. The Labute approximate surface area is 110 Å². The second-order valence-electron chi connectivity index (χ2n) is 4.81. The molecule has 1 aromatic carbocycles. The van der Waals surface area contributed by atoms with E-state index < -0.39 is 0 Å². The smallest absolute Gasteiger partial charge is 0.0451 e. The van der Waals surface area contributed by atoms with Crippen LogP contribution in [0.25, 0.3) is 0 Å². The lowest BCUT2D eigenvalue weighted by molar-refractivity contribution is 0.309. The number of rotatable bonds is 7. The number of hydrogen-bond donors (Lipinski definition) is 1. The molecule has 2 nitrogen and oxygen atoms in total. The number of benzene rings is 1. The zero-order valence-electron chi connectivity index (χ0n) is 10.8. The molecule has 0 radical (unpaired) electrons. The highest BCUT2D eigenvalue weighted by Gasteiger charge is 2.05. The molecule has 17 heavy (non-hydrogen) atoms. The molecule has 0 saturated carbocycles. The lowest BCUT2D eigenvalue weighted by atomic mass is 10.1. The quantitative estimate of drug-likeness (QED) is 0.810. The molecule has 0 aliphatic rings. The zero-order chi connectivity index (χ0) is 12.7. The Hall–Kier alpha value is -0.570. The first-order chi connectivity index (χ1) is 8.13. The van der Waals surface area contributed by atoms with Gasteiger partial charge in [0.2, 0.25) is 0 Å². The Bertz CT molecular complexity index is 328. The zero-order valence-corrected chi connectivity index (χ0v) is 11.6. The van der Waals surface area contributed by atoms with Crippen LogP contribution in [0.15, 0.2) is 24.3 Å². The molecule has 1 atom stereocenters. The van der Waals surface area contributed by atoms with Crippen molar-refractivity contribution in [1.82, 2.24) is 4.90 Å². The summed E-state index contributed by atoms with van der Waals surface area (Å²) in [4.78, 5) is 2.31. The van der Waals surface area contributed by atoms with Crippen molar-refractivity contribution in [3.8, 4) is 0 Å². The Kier molecular flexibility index (Phi) is 6.56. The molecule has 1 aromatic rings. The van der Waals surface area contributed by atoms with E-state index in [1.165, 1.54) is 18.4 Å². The first-order valence-corrected chi connectivity index (χ1v) is 6.63. The molecule has 0 spiro atoms. The van der Waals surface area contributed by atoms with Crippen molar-refractivity contribution in [2.75, 3.05) is 20.1 Å². The van der Waals surface area contributed by atoms with Crippen LogP contribution in [0.5, 0.6) is 0 Å². The monoisotopic (exact) mass is 254 g/mol. The average molecular weight is 255 g/mol.